The van der Waals surface area contributed by atoms with E-state index in [0.29, 0.717) is 23.0 Å². The van der Waals surface area contributed by atoms with Crippen molar-refractivity contribution < 1.29 is 9.90 Å². The number of hydrogen-bond donors (Lipinski definition) is 1. The average Bonchev–Trinajstić information content (AvgIpc) is 2.73. The minimum absolute atomic E-state index is 0.0101. The minimum Gasteiger partial charge on any atom is -0.506 e. The van der Waals surface area contributed by atoms with Crippen molar-refractivity contribution in [2.75, 3.05) is 0 Å². The predicted octanol–water partition coefficient (Wildman–Crippen LogP) is 9.16. The standard InChI is InChI=1S/C30H38O2S2/c1-17(2)23-13-19(14-24(33-23)18(3)4)11-21-27(31)22(28(21)32)12-20-15-25(29(5,6)7)34-26(16-20)30(8,9)10/h11-18H,1-10H3/p+1. The highest BCUT2D eigenvalue weighted by Crippen LogP contribution is 2.42. The smallest absolute Gasteiger partial charge is 0.219 e. The van der Waals surface area contributed by atoms with Gasteiger partial charge in [0.25, 0.3) is 0 Å². The van der Waals surface area contributed by atoms with Gasteiger partial charge in [0.05, 0.1) is 11.1 Å². The molecule has 0 fully saturated rings. The molecule has 0 unspecified atom stereocenters. The number of thioether (sulfide) groups is 1. The Bertz CT molecular complexity index is 1100. The molecule has 0 spiro atoms. The number of allylic oxidation sites excluding steroid dienone is 8. The second kappa shape index (κ2) is 9.62. The summed E-state index contributed by atoms with van der Waals surface area (Å²) >= 11 is 3.64. The summed E-state index contributed by atoms with van der Waals surface area (Å²) in [6, 6.07) is 4.30. The Hall–Kier alpha value is -1.91. The van der Waals surface area contributed by atoms with Crippen LogP contribution in [0.2, 0.25) is 0 Å². The molecular formula is C30H39O2S2+. The molecule has 182 valence electrons. The molecule has 4 heteroatoms. The Morgan fingerprint density at radius 2 is 1.32 bits per heavy atom. The van der Waals surface area contributed by atoms with Crippen molar-refractivity contribution in [1.29, 1.82) is 0 Å². The number of aliphatic hydroxyl groups excluding tert-OH is 1. The van der Waals surface area contributed by atoms with Crippen LogP contribution in [0.1, 0.15) is 84.6 Å². The van der Waals surface area contributed by atoms with Crippen LogP contribution < -0.4 is 0 Å². The third kappa shape index (κ3) is 5.83. The van der Waals surface area contributed by atoms with Crippen molar-refractivity contribution in [3.05, 3.63) is 78.0 Å². The van der Waals surface area contributed by atoms with E-state index in [1.54, 1.807) is 0 Å². The van der Waals surface area contributed by atoms with Gasteiger partial charge in [0.15, 0.2) is 0 Å². The molecule has 0 saturated carbocycles. The Kier molecular flexibility index (Phi) is 7.55. The lowest BCUT2D eigenvalue weighted by Crippen LogP contribution is -2.21. The van der Waals surface area contributed by atoms with Crippen LogP contribution in [0.15, 0.2) is 62.6 Å². The summed E-state index contributed by atoms with van der Waals surface area (Å²) in [7, 11) is 0. The van der Waals surface area contributed by atoms with E-state index in [0.717, 1.165) is 11.1 Å². The fourth-order valence-electron chi connectivity index (χ4n) is 3.61. The van der Waals surface area contributed by atoms with Crippen LogP contribution in [0.25, 0.3) is 6.08 Å². The van der Waals surface area contributed by atoms with E-state index in [-0.39, 0.29) is 22.4 Å². The molecule has 0 saturated heterocycles. The third-order valence-corrected chi connectivity index (χ3v) is 9.46. The van der Waals surface area contributed by atoms with Gasteiger partial charge in [0.1, 0.15) is 5.76 Å². The number of aliphatic hydroxyl groups is 1. The molecule has 1 aliphatic carbocycles. The highest BCUT2D eigenvalue weighted by atomic mass is 32.2. The summed E-state index contributed by atoms with van der Waals surface area (Å²) in [4.78, 5) is 18.2. The van der Waals surface area contributed by atoms with E-state index >= 15 is 0 Å². The average molecular weight is 496 g/mol. The number of hydrogen-bond acceptors (Lipinski definition) is 3. The molecule has 0 atom stereocenters. The van der Waals surface area contributed by atoms with E-state index in [2.05, 4.69) is 93.5 Å². The van der Waals surface area contributed by atoms with Gasteiger partial charge >= 0.3 is 0 Å². The van der Waals surface area contributed by atoms with Crippen LogP contribution in [0.3, 0.4) is 0 Å². The van der Waals surface area contributed by atoms with Crippen molar-refractivity contribution in [3.8, 4) is 0 Å². The molecule has 3 rings (SSSR count). The number of carbonyl (C=O) groups excluding carboxylic acids is 1. The normalized spacial score (nSPS) is 18.5. The molecule has 2 nitrogen and oxygen atoms in total. The minimum atomic E-state index is -0.0932. The van der Waals surface area contributed by atoms with Crippen LogP contribution in [0.5, 0.6) is 0 Å². The summed E-state index contributed by atoms with van der Waals surface area (Å²) in [5, 5.41) is 10.8. The first-order valence-corrected chi connectivity index (χ1v) is 13.7. The maximum absolute atomic E-state index is 13.1. The second-order valence-electron chi connectivity index (χ2n) is 11.9. The van der Waals surface area contributed by atoms with Gasteiger partial charge in [-0.05, 0) is 57.1 Å². The van der Waals surface area contributed by atoms with Gasteiger partial charge in [-0.1, -0.05) is 81.0 Å². The molecule has 34 heavy (non-hydrogen) atoms. The first kappa shape index (κ1) is 26.7. The zero-order chi connectivity index (χ0) is 25.6. The van der Waals surface area contributed by atoms with E-state index in [9.17, 15) is 9.90 Å². The van der Waals surface area contributed by atoms with Crippen molar-refractivity contribution in [1.82, 2.24) is 0 Å². The molecular weight excluding hydrogens is 456 g/mol. The lowest BCUT2D eigenvalue weighted by atomic mass is 9.84. The van der Waals surface area contributed by atoms with Gasteiger partial charge in [0.2, 0.25) is 26.9 Å². The molecule has 2 heterocycles. The molecule has 0 bridgehead atoms. The van der Waals surface area contributed by atoms with Crippen molar-refractivity contribution in [2.45, 2.75) is 80.1 Å². The Balaban J connectivity index is 2.03. The van der Waals surface area contributed by atoms with Gasteiger partial charge in [-0.15, -0.1) is 0 Å². The molecule has 0 radical (unpaired) electrons. The summed E-state index contributed by atoms with van der Waals surface area (Å²) in [5.74, 6) is 0.833. The molecule has 0 amide bonds. The molecule has 1 aliphatic heterocycles. The van der Waals surface area contributed by atoms with Gasteiger partial charge < -0.3 is 5.11 Å². The van der Waals surface area contributed by atoms with Crippen LogP contribution in [-0.2, 0) is 15.6 Å². The Labute approximate surface area is 214 Å². The summed E-state index contributed by atoms with van der Waals surface area (Å²) in [5.41, 5.74) is 2.76. The van der Waals surface area contributed by atoms with Gasteiger partial charge in [-0.3, -0.25) is 4.79 Å². The molecule has 2 aliphatic rings. The molecule has 1 aromatic rings. The Morgan fingerprint density at radius 3 is 1.71 bits per heavy atom. The van der Waals surface area contributed by atoms with Gasteiger partial charge in [-0.25, -0.2) is 0 Å². The number of carbonyl (C=O) groups is 1. The molecule has 0 aromatic carbocycles. The lowest BCUT2D eigenvalue weighted by Gasteiger charge is -2.23. The van der Waals surface area contributed by atoms with E-state index in [1.165, 1.54) is 19.6 Å². The predicted molar refractivity (Wildman–Crippen MR) is 150 cm³/mol. The second-order valence-corrected chi connectivity index (χ2v) is 14.1. The topological polar surface area (TPSA) is 37.3 Å². The zero-order valence-corrected chi connectivity index (χ0v) is 23.9. The SMILES string of the molecule is CC(C)C1=CC(=CC2=C(O)C(=Cc3cc(C(C)(C)C)[s+]c(C(C)(C)C)c3)C2=O)C=C(C(C)C)S1. The van der Waals surface area contributed by atoms with Crippen LogP contribution >= 0.6 is 23.1 Å². The molecule has 1 aromatic heterocycles. The Morgan fingerprint density at radius 1 is 0.853 bits per heavy atom. The number of ketones is 1. The van der Waals surface area contributed by atoms with E-state index in [4.69, 9.17) is 0 Å². The number of rotatable bonds is 4. The first-order valence-electron chi connectivity index (χ1n) is 12.1. The summed E-state index contributed by atoms with van der Waals surface area (Å²) in [6.45, 7) is 22.0. The van der Waals surface area contributed by atoms with Gasteiger partial charge in [0, 0.05) is 23.0 Å². The highest BCUT2D eigenvalue weighted by molar-refractivity contribution is 8.06. The monoisotopic (exact) mass is 495 g/mol. The van der Waals surface area contributed by atoms with Crippen LogP contribution in [-0.4, -0.2) is 10.9 Å². The van der Waals surface area contributed by atoms with Crippen LogP contribution in [0, 0.1) is 11.8 Å². The van der Waals surface area contributed by atoms with Crippen LogP contribution in [0.4, 0.5) is 0 Å². The van der Waals surface area contributed by atoms with E-state index in [1.807, 2.05) is 35.3 Å². The highest BCUT2D eigenvalue weighted by Gasteiger charge is 2.35. The van der Waals surface area contributed by atoms with Crippen molar-refractivity contribution >= 4 is 35.0 Å². The quantitative estimate of drug-likeness (QED) is 0.334. The van der Waals surface area contributed by atoms with Gasteiger partial charge in [-0.2, -0.15) is 0 Å². The maximum Gasteiger partial charge on any atom is 0.219 e. The summed E-state index contributed by atoms with van der Waals surface area (Å²) < 4.78 is 0. The summed E-state index contributed by atoms with van der Waals surface area (Å²) in [6.07, 6.45) is 7.96. The third-order valence-electron chi connectivity index (χ3n) is 5.91. The van der Waals surface area contributed by atoms with E-state index < -0.39 is 0 Å². The van der Waals surface area contributed by atoms with Crippen molar-refractivity contribution in [3.63, 3.8) is 0 Å². The lowest BCUT2D eigenvalue weighted by molar-refractivity contribution is -0.113. The van der Waals surface area contributed by atoms with Crippen molar-refractivity contribution in [2.24, 2.45) is 11.8 Å². The first-order chi connectivity index (χ1) is 15.6. The fraction of sp³-hybridized carbons (Fsp3) is 0.467. The largest absolute Gasteiger partial charge is 0.506 e. The molecule has 1 N–H and O–H groups in total. The maximum atomic E-state index is 13.1. The number of Topliss-reactive ketones (excluding diaryl/α,β-unsaturated/α-hetero) is 1. The zero-order valence-electron chi connectivity index (χ0n) is 22.3. The fourth-order valence-corrected chi connectivity index (χ4v) is 5.98.